The predicted octanol–water partition coefficient (Wildman–Crippen LogP) is 1.96. The van der Waals surface area contributed by atoms with Crippen LogP contribution in [0, 0.1) is 5.92 Å². The highest BCUT2D eigenvalue weighted by Gasteiger charge is 2.32. The summed E-state index contributed by atoms with van der Waals surface area (Å²) >= 11 is 0. The van der Waals surface area contributed by atoms with Gasteiger partial charge in [0.15, 0.2) is 0 Å². The normalized spacial score (nSPS) is 21.1. The Kier molecular flexibility index (Phi) is 4.96. The maximum atomic E-state index is 12.6. The first-order chi connectivity index (χ1) is 11.2. The summed E-state index contributed by atoms with van der Waals surface area (Å²) in [5.41, 5.74) is 1.72. The number of rotatable bonds is 5. The second-order valence-corrected chi connectivity index (χ2v) is 6.50. The van der Waals surface area contributed by atoms with Crippen molar-refractivity contribution in [1.82, 2.24) is 10.2 Å². The third-order valence-electron chi connectivity index (χ3n) is 4.52. The number of ether oxygens (including phenoxy) is 1. The van der Waals surface area contributed by atoms with Crippen molar-refractivity contribution in [3.63, 3.8) is 0 Å². The zero-order valence-electron chi connectivity index (χ0n) is 13.6. The molecule has 0 bridgehead atoms. The minimum absolute atomic E-state index is 0.0119. The van der Waals surface area contributed by atoms with Crippen LogP contribution in [0.25, 0.3) is 0 Å². The summed E-state index contributed by atoms with van der Waals surface area (Å²) in [5, 5.41) is 3.05. The molecule has 2 aliphatic rings. The van der Waals surface area contributed by atoms with E-state index in [0.717, 1.165) is 37.8 Å². The van der Waals surface area contributed by atoms with Crippen LogP contribution in [0.1, 0.15) is 41.6 Å². The van der Waals surface area contributed by atoms with E-state index < -0.39 is 0 Å². The van der Waals surface area contributed by atoms with Crippen LogP contribution in [0.15, 0.2) is 24.3 Å². The number of nitrogens with one attached hydrogen (secondary N) is 1. The van der Waals surface area contributed by atoms with Crippen molar-refractivity contribution in [2.45, 2.75) is 38.3 Å². The summed E-state index contributed by atoms with van der Waals surface area (Å²) in [6.07, 6.45) is 3.94. The van der Waals surface area contributed by atoms with Gasteiger partial charge in [-0.2, -0.15) is 0 Å². The van der Waals surface area contributed by atoms with Crippen molar-refractivity contribution in [2.24, 2.45) is 5.92 Å². The van der Waals surface area contributed by atoms with Gasteiger partial charge in [0, 0.05) is 31.8 Å². The minimum atomic E-state index is -0.0685. The Morgan fingerprint density at radius 1 is 1.22 bits per heavy atom. The van der Waals surface area contributed by atoms with Gasteiger partial charge in [0.2, 0.25) is 5.91 Å². The molecule has 1 aromatic rings. The zero-order chi connectivity index (χ0) is 16.2. The molecule has 2 amide bonds. The number of hydrogen-bond acceptors (Lipinski definition) is 3. The molecule has 2 fully saturated rings. The summed E-state index contributed by atoms with van der Waals surface area (Å²) < 4.78 is 5.08. The first kappa shape index (κ1) is 16.0. The second kappa shape index (κ2) is 7.13. The van der Waals surface area contributed by atoms with E-state index in [1.807, 2.05) is 29.2 Å². The van der Waals surface area contributed by atoms with Gasteiger partial charge in [0.25, 0.3) is 5.91 Å². The molecular formula is C18H24N2O3. The Labute approximate surface area is 137 Å². The molecule has 124 valence electrons. The lowest BCUT2D eigenvalue weighted by molar-refractivity contribution is -0.126. The Hall–Kier alpha value is -1.88. The maximum Gasteiger partial charge on any atom is 0.253 e. The van der Waals surface area contributed by atoms with E-state index in [1.54, 1.807) is 7.11 Å². The van der Waals surface area contributed by atoms with Crippen LogP contribution in [0.3, 0.4) is 0 Å². The summed E-state index contributed by atoms with van der Waals surface area (Å²) in [4.78, 5) is 26.7. The smallest absolute Gasteiger partial charge is 0.253 e. The van der Waals surface area contributed by atoms with Crippen molar-refractivity contribution in [2.75, 3.05) is 20.2 Å². The van der Waals surface area contributed by atoms with Crippen LogP contribution < -0.4 is 5.32 Å². The lowest BCUT2D eigenvalue weighted by Crippen LogP contribution is -2.45. The molecule has 1 unspecified atom stereocenters. The average Bonchev–Trinajstić information content (AvgIpc) is 3.39. The standard InChI is InChI=1S/C18H24N2O3/c1-23-12-13-4-6-14(7-5-13)18(22)20-10-2-3-15(11-20)17(21)19-16-8-9-16/h4-7,15-16H,2-3,8-12H2,1H3,(H,19,21). The molecule has 1 saturated carbocycles. The van der Waals surface area contributed by atoms with E-state index in [9.17, 15) is 9.59 Å². The first-order valence-electron chi connectivity index (χ1n) is 8.35. The van der Waals surface area contributed by atoms with Gasteiger partial charge in [-0.05, 0) is 43.4 Å². The Bertz CT molecular complexity index is 566. The largest absolute Gasteiger partial charge is 0.380 e. The van der Waals surface area contributed by atoms with Crippen LogP contribution in [0.2, 0.25) is 0 Å². The fraction of sp³-hybridized carbons (Fsp3) is 0.556. The molecule has 0 radical (unpaired) electrons. The second-order valence-electron chi connectivity index (χ2n) is 6.50. The third-order valence-corrected chi connectivity index (χ3v) is 4.52. The highest BCUT2D eigenvalue weighted by Crippen LogP contribution is 2.23. The van der Waals surface area contributed by atoms with E-state index >= 15 is 0 Å². The quantitative estimate of drug-likeness (QED) is 0.903. The van der Waals surface area contributed by atoms with Crippen molar-refractivity contribution >= 4 is 11.8 Å². The van der Waals surface area contributed by atoms with E-state index in [1.165, 1.54) is 0 Å². The molecule has 1 saturated heterocycles. The monoisotopic (exact) mass is 316 g/mol. The number of likely N-dealkylation sites (tertiary alicyclic amines) is 1. The van der Waals surface area contributed by atoms with E-state index in [0.29, 0.717) is 24.8 Å². The van der Waals surface area contributed by atoms with Crippen LogP contribution in [-0.4, -0.2) is 43.0 Å². The Morgan fingerprint density at radius 2 is 1.96 bits per heavy atom. The maximum absolute atomic E-state index is 12.6. The van der Waals surface area contributed by atoms with Gasteiger partial charge in [-0.3, -0.25) is 9.59 Å². The topological polar surface area (TPSA) is 58.6 Å². The third kappa shape index (κ3) is 4.10. The fourth-order valence-electron chi connectivity index (χ4n) is 3.02. The summed E-state index contributed by atoms with van der Waals surface area (Å²) in [6, 6.07) is 7.88. The lowest BCUT2D eigenvalue weighted by Gasteiger charge is -2.32. The number of nitrogens with zero attached hydrogens (tertiary/aromatic N) is 1. The van der Waals surface area contributed by atoms with Crippen molar-refractivity contribution < 1.29 is 14.3 Å². The molecule has 0 aromatic heterocycles. The zero-order valence-corrected chi connectivity index (χ0v) is 13.6. The minimum Gasteiger partial charge on any atom is -0.380 e. The van der Waals surface area contributed by atoms with Gasteiger partial charge in [-0.1, -0.05) is 12.1 Å². The number of amides is 2. The van der Waals surface area contributed by atoms with Crippen LogP contribution >= 0.6 is 0 Å². The molecule has 1 aliphatic carbocycles. The molecule has 1 heterocycles. The molecular weight excluding hydrogens is 292 g/mol. The number of methoxy groups -OCH3 is 1. The molecule has 23 heavy (non-hydrogen) atoms. The van der Waals surface area contributed by atoms with Crippen molar-refractivity contribution in [3.8, 4) is 0 Å². The molecule has 1 N–H and O–H groups in total. The highest BCUT2D eigenvalue weighted by molar-refractivity contribution is 5.94. The molecule has 0 spiro atoms. The van der Waals surface area contributed by atoms with Crippen LogP contribution in [-0.2, 0) is 16.1 Å². The molecule has 1 atom stereocenters. The van der Waals surface area contributed by atoms with Gasteiger partial charge in [-0.15, -0.1) is 0 Å². The number of piperidine rings is 1. The Morgan fingerprint density at radius 3 is 2.61 bits per heavy atom. The number of carbonyl (C=O) groups is 2. The number of carbonyl (C=O) groups excluding carboxylic acids is 2. The van der Waals surface area contributed by atoms with Gasteiger partial charge in [0.05, 0.1) is 12.5 Å². The fourth-order valence-corrected chi connectivity index (χ4v) is 3.02. The van der Waals surface area contributed by atoms with E-state index in [-0.39, 0.29) is 17.7 Å². The molecule has 1 aliphatic heterocycles. The van der Waals surface area contributed by atoms with Crippen molar-refractivity contribution in [3.05, 3.63) is 35.4 Å². The van der Waals surface area contributed by atoms with Crippen LogP contribution in [0.4, 0.5) is 0 Å². The van der Waals surface area contributed by atoms with Crippen LogP contribution in [0.5, 0.6) is 0 Å². The van der Waals surface area contributed by atoms with E-state index in [2.05, 4.69) is 5.32 Å². The molecule has 5 heteroatoms. The van der Waals surface area contributed by atoms with Gasteiger partial charge in [-0.25, -0.2) is 0 Å². The summed E-state index contributed by atoms with van der Waals surface area (Å²) in [6.45, 7) is 1.80. The van der Waals surface area contributed by atoms with Gasteiger partial charge < -0.3 is 15.0 Å². The summed E-state index contributed by atoms with van der Waals surface area (Å²) in [7, 11) is 1.65. The number of hydrogen-bond donors (Lipinski definition) is 1. The average molecular weight is 316 g/mol. The lowest BCUT2D eigenvalue weighted by atomic mass is 9.96. The highest BCUT2D eigenvalue weighted by atomic mass is 16.5. The molecule has 1 aromatic carbocycles. The first-order valence-corrected chi connectivity index (χ1v) is 8.35. The number of benzene rings is 1. The Balaban J connectivity index is 1.60. The van der Waals surface area contributed by atoms with Crippen molar-refractivity contribution in [1.29, 1.82) is 0 Å². The molecule has 3 rings (SSSR count). The molecule has 5 nitrogen and oxygen atoms in total. The predicted molar refractivity (Wildman–Crippen MR) is 86.9 cm³/mol. The summed E-state index contributed by atoms with van der Waals surface area (Å²) in [5.74, 6) is 0.0550. The van der Waals surface area contributed by atoms with E-state index in [4.69, 9.17) is 4.74 Å². The van der Waals surface area contributed by atoms with Gasteiger partial charge >= 0.3 is 0 Å². The SMILES string of the molecule is COCc1ccc(C(=O)N2CCCC(C(=O)NC3CC3)C2)cc1. The van der Waals surface area contributed by atoms with Gasteiger partial charge in [0.1, 0.15) is 0 Å².